The summed E-state index contributed by atoms with van der Waals surface area (Å²) in [5, 5.41) is 6.96. The summed E-state index contributed by atoms with van der Waals surface area (Å²) in [5.41, 5.74) is 7.10. The van der Waals surface area contributed by atoms with Gasteiger partial charge in [-0.05, 0) is 43.3 Å². The van der Waals surface area contributed by atoms with E-state index in [1.165, 1.54) is 0 Å². The molecule has 0 atom stereocenters. The van der Waals surface area contributed by atoms with Crippen LogP contribution in [0.1, 0.15) is 12.8 Å². The van der Waals surface area contributed by atoms with Crippen molar-refractivity contribution in [2.75, 3.05) is 11.9 Å². The van der Waals surface area contributed by atoms with Crippen LogP contribution in [0.15, 0.2) is 42.7 Å². The molecule has 0 saturated carbocycles. The maximum absolute atomic E-state index is 11.5. The predicted molar refractivity (Wildman–Crippen MR) is 70.5 cm³/mol. The zero-order valence-electron chi connectivity index (χ0n) is 10.0. The van der Waals surface area contributed by atoms with E-state index in [-0.39, 0.29) is 5.91 Å². The second kappa shape index (κ2) is 5.97. The zero-order valence-corrected chi connectivity index (χ0v) is 10.0. The quantitative estimate of drug-likeness (QED) is 0.838. The van der Waals surface area contributed by atoms with E-state index in [1.807, 2.05) is 36.5 Å². The number of carbonyl (C=O) groups excluding carboxylic acids is 1. The van der Waals surface area contributed by atoms with Crippen molar-refractivity contribution in [1.29, 1.82) is 0 Å². The average molecular weight is 244 g/mol. The van der Waals surface area contributed by atoms with Gasteiger partial charge in [-0.25, -0.2) is 4.68 Å². The Balaban J connectivity index is 1.98. The lowest BCUT2D eigenvalue weighted by Crippen LogP contribution is -2.13. The molecule has 2 aromatic rings. The van der Waals surface area contributed by atoms with Crippen LogP contribution in [0.4, 0.5) is 5.69 Å². The summed E-state index contributed by atoms with van der Waals surface area (Å²) < 4.78 is 1.76. The van der Waals surface area contributed by atoms with Gasteiger partial charge in [-0.1, -0.05) is 0 Å². The lowest BCUT2D eigenvalue weighted by atomic mass is 10.2. The molecule has 0 aliphatic rings. The Hall–Kier alpha value is -2.14. The van der Waals surface area contributed by atoms with Crippen LogP contribution in [0.25, 0.3) is 5.69 Å². The number of nitrogens with one attached hydrogen (secondary N) is 1. The van der Waals surface area contributed by atoms with Gasteiger partial charge in [-0.15, -0.1) is 0 Å². The fourth-order valence-electron chi connectivity index (χ4n) is 1.61. The number of nitrogens with zero attached hydrogens (tertiary/aromatic N) is 2. The SMILES string of the molecule is NCCCC(=O)Nc1ccc(-n2cccn2)cc1. The summed E-state index contributed by atoms with van der Waals surface area (Å²) in [6, 6.07) is 9.40. The van der Waals surface area contributed by atoms with E-state index < -0.39 is 0 Å². The maximum Gasteiger partial charge on any atom is 0.224 e. The molecule has 5 nitrogen and oxygen atoms in total. The van der Waals surface area contributed by atoms with Gasteiger partial charge >= 0.3 is 0 Å². The van der Waals surface area contributed by atoms with Crippen LogP contribution in [0.3, 0.4) is 0 Å². The smallest absolute Gasteiger partial charge is 0.224 e. The normalized spacial score (nSPS) is 10.3. The third-order valence-corrected chi connectivity index (χ3v) is 2.53. The number of amides is 1. The van der Waals surface area contributed by atoms with Gasteiger partial charge < -0.3 is 11.1 Å². The van der Waals surface area contributed by atoms with E-state index in [4.69, 9.17) is 5.73 Å². The second-order valence-electron chi connectivity index (χ2n) is 3.94. The third-order valence-electron chi connectivity index (χ3n) is 2.53. The van der Waals surface area contributed by atoms with Gasteiger partial charge in [-0.2, -0.15) is 5.10 Å². The molecule has 1 aromatic carbocycles. The molecular weight excluding hydrogens is 228 g/mol. The first-order valence-electron chi connectivity index (χ1n) is 5.89. The number of anilines is 1. The summed E-state index contributed by atoms with van der Waals surface area (Å²) in [4.78, 5) is 11.5. The topological polar surface area (TPSA) is 72.9 Å². The zero-order chi connectivity index (χ0) is 12.8. The van der Waals surface area contributed by atoms with E-state index in [0.29, 0.717) is 19.4 Å². The molecule has 0 aliphatic heterocycles. The van der Waals surface area contributed by atoms with E-state index in [0.717, 1.165) is 11.4 Å². The summed E-state index contributed by atoms with van der Waals surface area (Å²) in [6.45, 7) is 0.533. The van der Waals surface area contributed by atoms with Crippen LogP contribution < -0.4 is 11.1 Å². The van der Waals surface area contributed by atoms with Crippen molar-refractivity contribution in [2.45, 2.75) is 12.8 Å². The minimum absolute atomic E-state index is 0.00714. The number of nitrogens with two attached hydrogens (primary N) is 1. The number of benzene rings is 1. The molecule has 0 spiro atoms. The van der Waals surface area contributed by atoms with E-state index in [1.54, 1.807) is 10.9 Å². The monoisotopic (exact) mass is 244 g/mol. The number of hydrogen-bond acceptors (Lipinski definition) is 3. The fraction of sp³-hybridized carbons (Fsp3) is 0.231. The Bertz CT molecular complexity index is 490. The highest BCUT2D eigenvalue weighted by molar-refractivity contribution is 5.90. The predicted octanol–water partition coefficient (Wildman–Crippen LogP) is 1.55. The van der Waals surface area contributed by atoms with E-state index in [9.17, 15) is 4.79 Å². The number of carbonyl (C=O) groups is 1. The van der Waals surface area contributed by atoms with Gasteiger partial charge in [0, 0.05) is 24.5 Å². The third kappa shape index (κ3) is 3.18. The van der Waals surface area contributed by atoms with Gasteiger partial charge in [0.1, 0.15) is 0 Å². The molecule has 1 heterocycles. The number of hydrogen-bond donors (Lipinski definition) is 2. The molecule has 2 rings (SSSR count). The molecule has 0 saturated heterocycles. The molecule has 0 aliphatic carbocycles. The average Bonchev–Trinajstić information content (AvgIpc) is 2.91. The Morgan fingerprint density at radius 1 is 1.33 bits per heavy atom. The first-order valence-corrected chi connectivity index (χ1v) is 5.89. The Morgan fingerprint density at radius 3 is 2.72 bits per heavy atom. The summed E-state index contributed by atoms with van der Waals surface area (Å²) in [6.07, 6.45) is 4.76. The van der Waals surface area contributed by atoms with Gasteiger partial charge in [0.15, 0.2) is 0 Å². The second-order valence-corrected chi connectivity index (χ2v) is 3.94. The van der Waals surface area contributed by atoms with Crippen molar-refractivity contribution in [3.05, 3.63) is 42.7 Å². The molecule has 0 bridgehead atoms. The standard InChI is InChI=1S/C13H16N4O/c14-8-1-3-13(18)16-11-4-6-12(7-5-11)17-10-2-9-15-17/h2,4-7,9-10H,1,3,8,14H2,(H,16,18). The minimum atomic E-state index is -0.00714. The molecule has 3 N–H and O–H groups in total. The lowest BCUT2D eigenvalue weighted by Gasteiger charge is -2.06. The molecule has 0 radical (unpaired) electrons. The first kappa shape index (κ1) is 12.3. The Kier molecular flexibility index (Phi) is 4.09. The molecule has 94 valence electrons. The van der Waals surface area contributed by atoms with E-state index >= 15 is 0 Å². The van der Waals surface area contributed by atoms with Crippen LogP contribution in [0, 0.1) is 0 Å². The number of rotatable bonds is 5. The van der Waals surface area contributed by atoms with Crippen molar-refractivity contribution in [3.8, 4) is 5.69 Å². The summed E-state index contributed by atoms with van der Waals surface area (Å²) >= 11 is 0. The van der Waals surface area contributed by atoms with Crippen molar-refractivity contribution in [2.24, 2.45) is 5.73 Å². The molecule has 1 aromatic heterocycles. The Morgan fingerprint density at radius 2 is 2.11 bits per heavy atom. The van der Waals surface area contributed by atoms with Gasteiger partial charge in [0.2, 0.25) is 5.91 Å². The van der Waals surface area contributed by atoms with Crippen LogP contribution in [-0.4, -0.2) is 22.2 Å². The first-order chi connectivity index (χ1) is 8.79. The van der Waals surface area contributed by atoms with Crippen LogP contribution in [0.5, 0.6) is 0 Å². The van der Waals surface area contributed by atoms with Crippen molar-refractivity contribution >= 4 is 11.6 Å². The minimum Gasteiger partial charge on any atom is -0.330 e. The highest BCUT2D eigenvalue weighted by atomic mass is 16.1. The van der Waals surface area contributed by atoms with Crippen LogP contribution in [0.2, 0.25) is 0 Å². The van der Waals surface area contributed by atoms with Crippen LogP contribution in [-0.2, 0) is 4.79 Å². The molecule has 18 heavy (non-hydrogen) atoms. The molecule has 5 heteroatoms. The highest BCUT2D eigenvalue weighted by Gasteiger charge is 2.02. The molecule has 0 fully saturated rings. The highest BCUT2D eigenvalue weighted by Crippen LogP contribution is 2.12. The fourth-order valence-corrected chi connectivity index (χ4v) is 1.61. The molecule has 1 amide bonds. The maximum atomic E-state index is 11.5. The van der Waals surface area contributed by atoms with Crippen molar-refractivity contribution < 1.29 is 4.79 Å². The van der Waals surface area contributed by atoms with Crippen molar-refractivity contribution in [3.63, 3.8) is 0 Å². The summed E-state index contributed by atoms with van der Waals surface area (Å²) in [5.74, 6) is -0.00714. The molecular formula is C13H16N4O. The Labute approximate surface area is 106 Å². The number of aromatic nitrogens is 2. The van der Waals surface area contributed by atoms with Crippen LogP contribution >= 0.6 is 0 Å². The summed E-state index contributed by atoms with van der Waals surface area (Å²) in [7, 11) is 0. The largest absolute Gasteiger partial charge is 0.330 e. The molecule has 0 unspecified atom stereocenters. The van der Waals surface area contributed by atoms with Crippen molar-refractivity contribution in [1.82, 2.24) is 9.78 Å². The van der Waals surface area contributed by atoms with Gasteiger partial charge in [0.05, 0.1) is 5.69 Å². The van der Waals surface area contributed by atoms with Gasteiger partial charge in [-0.3, -0.25) is 4.79 Å². The lowest BCUT2D eigenvalue weighted by molar-refractivity contribution is -0.116. The van der Waals surface area contributed by atoms with E-state index in [2.05, 4.69) is 10.4 Å². The van der Waals surface area contributed by atoms with Gasteiger partial charge in [0.25, 0.3) is 0 Å².